The molecule has 0 aromatic carbocycles. The van der Waals surface area contributed by atoms with Gasteiger partial charge in [-0.05, 0) is 25.7 Å². The Bertz CT molecular complexity index is 271. The molecule has 0 N–H and O–H groups in total. The van der Waals surface area contributed by atoms with Gasteiger partial charge in [0.05, 0.1) is 5.57 Å². The first-order valence-corrected chi connectivity index (χ1v) is 6.68. The summed E-state index contributed by atoms with van der Waals surface area (Å²) in [5, 5.41) is 0.728. The van der Waals surface area contributed by atoms with Crippen LogP contribution in [0.4, 0.5) is 0 Å². The van der Waals surface area contributed by atoms with Crippen LogP contribution >= 0.6 is 11.6 Å². The van der Waals surface area contributed by atoms with Crippen molar-refractivity contribution in [2.75, 3.05) is 0 Å². The fraction of sp³-hybridized carbons (Fsp3) is 0.769. The van der Waals surface area contributed by atoms with E-state index in [0.29, 0.717) is 0 Å². The Kier molecular flexibility index (Phi) is 5.89. The van der Waals surface area contributed by atoms with Crippen molar-refractivity contribution < 1.29 is 9.53 Å². The third kappa shape index (κ3) is 3.51. The number of cyclic esters (lactones) is 1. The Morgan fingerprint density at radius 2 is 1.94 bits per heavy atom. The maximum atomic E-state index is 11.3. The molecule has 1 aliphatic rings. The minimum atomic E-state index is -0.206. The average molecular weight is 245 g/mol. The lowest BCUT2D eigenvalue weighted by Gasteiger charge is -2.30. The summed E-state index contributed by atoms with van der Waals surface area (Å²) in [7, 11) is 0. The number of carbonyl (C=O) groups is 1. The second-order valence-corrected chi connectivity index (χ2v) is 4.77. The van der Waals surface area contributed by atoms with E-state index in [1.807, 2.05) is 0 Å². The summed E-state index contributed by atoms with van der Waals surface area (Å²) in [4.78, 5) is 11.3. The maximum absolute atomic E-state index is 11.3. The molecule has 92 valence electrons. The van der Waals surface area contributed by atoms with Gasteiger partial charge >= 0.3 is 5.97 Å². The minimum absolute atomic E-state index is 0.0263. The summed E-state index contributed by atoms with van der Waals surface area (Å²) in [5.41, 5.74) is 0.742. The van der Waals surface area contributed by atoms with Gasteiger partial charge in [0.15, 0.2) is 0 Å². The number of rotatable bonds is 7. The molecule has 2 nitrogen and oxygen atoms in total. The summed E-state index contributed by atoms with van der Waals surface area (Å²) in [6.45, 7) is 4.29. The Morgan fingerprint density at radius 3 is 2.50 bits per heavy atom. The fourth-order valence-electron chi connectivity index (χ4n) is 1.87. The summed E-state index contributed by atoms with van der Waals surface area (Å²) in [6.07, 6.45) is 7.31. The van der Waals surface area contributed by atoms with Gasteiger partial charge in [0.25, 0.3) is 0 Å². The molecule has 0 saturated carbocycles. The van der Waals surface area contributed by atoms with Crippen molar-refractivity contribution in [2.45, 2.75) is 64.9 Å². The normalized spacial score (nSPS) is 22.7. The number of carbonyl (C=O) groups excluding carboxylic acids is 1. The minimum Gasteiger partial charge on any atom is -0.454 e. The molecule has 1 saturated heterocycles. The SMILES string of the molecule is CCCCC/C(Cl)=C1/C(=O)OC1CCCC. The predicted molar refractivity (Wildman–Crippen MR) is 66.4 cm³/mol. The van der Waals surface area contributed by atoms with E-state index in [1.165, 1.54) is 6.42 Å². The number of allylic oxidation sites excluding steroid dienone is 1. The second kappa shape index (κ2) is 6.95. The van der Waals surface area contributed by atoms with Crippen LogP contribution in [0.5, 0.6) is 0 Å². The van der Waals surface area contributed by atoms with E-state index in [4.69, 9.17) is 16.3 Å². The van der Waals surface area contributed by atoms with Crippen LogP contribution in [-0.4, -0.2) is 12.1 Å². The second-order valence-electron chi connectivity index (χ2n) is 4.31. The number of unbranched alkanes of at least 4 members (excludes halogenated alkanes) is 3. The van der Waals surface area contributed by atoms with Crippen LogP contribution in [0, 0.1) is 0 Å². The monoisotopic (exact) mass is 244 g/mol. The van der Waals surface area contributed by atoms with Gasteiger partial charge in [-0.3, -0.25) is 0 Å². The van der Waals surface area contributed by atoms with Crippen molar-refractivity contribution in [1.82, 2.24) is 0 Å². The highest BCUT2D eigenvalue weighted by molar-refractivity contribution is 6.32. The predicted octanol–water partition coefficient (Wildman–Crippen LogP) is 4.18. The topological polar surface area (TPSA) is 26.3 Å². The van der Waals surface area contributed by atoms with Crippen molar-refractivity contribution in [3.8, 4) is 0 Å². The zero-order valence-corrected chi connectivity index (χ0v) is 11.0. The molecule has 0 aromatic rings. The molecule has 0 aromatic heterocycles. The van der Waals surface area contributed by atoms with Gasteiger partial charge in [-0.15, -0.1) is 0 Å². The smallest absolute Gasteiger partial charge is 0.339 e. The molecule has 0 spiro atoms. The Balaban J connectivity index is 2.46. The van der Waals surface area contributed by atoms with Gasteiger partial charge in [-0.1, -0.05) is 44.7 Å². The highest BCUT2D eigenvalue weighted by atomic mass is 35.5. The quantitative estimate of drug-likeness (QED) is 0.382. The number of esters is 1. The standard InChI is InChI=1S/C13H21ClO2/c1-3-5-7-8-10(14)12-11(9-6-4-2)16-13(12)15/h11H,3-9H2,1-2H3/b12-10-. The van der Waals surface area contributed by atoms with Crippen LogP contribution in [0.25, 0.3) is 0 Å². The Hall–Kier alpha value is -0.500. The number of hydrogen-bond donors (Lipinski definition) is 0. The lowest BCUT2D eigenvalue weighted by molar-refractivity contribution is -0.156. The lowest BCUT2D eigenvalue weighted by atomic mass is 9.97. The highest BCUT2D eigenvalue weighted by Gasteiger charge is 2.37. The van der Waals surface area contributed by atoms with Gasteiger partial charge in [-0.2, -0.15) is 0 Å². The number of ether oxygens (including phenoxy) is 1. The molecule has 1 atom stereocenters. The Morgan fingerprint density at radius 1 is 1.25 bits per heavy atom. The largest absolute Gasteiger partial charge is 0.454 e. The molecule has 0 bridgehead atoms. The van der Waals surface area contributed by atoms with Crippen LogP contribution in [0.15, 0.2) is 10.6 Å². The molecule has 1 aliphatic heterocycles. The molecular weight excluding hydrogens is 224 g/mol. The van der Waals surface area contributed by atoms with Crippen molar-refractivity contribution in [2.24, 2.45) is 0 Å². The average Bonchev–Trinajstić information content (AvgIpc) is 2.24. The molecule has 3 heteroatoms. The van der Waals surface area contributed by atoms with E-state index >= 15 is 0 Å². The van der Waals surface area contributed by atoms with Crippen molar-refractivity contribution in [3.63, 3.8) is 0 Å². The fourth-order valence-corrected chi connectivity index (χ4v) is 2.20. The molecule has 0 amide bonds. The number of halogens is 1. The molecule has 0 aliphatic carbocycles. The van der Waals surface area contributed by atoms with E-state index in [9.17, 15) is 4.79 Å². The maximum Gasteiger partial charge on any atom is 0.339 e. The summed E-state index contributed by atoms with van der Waals surface area (Å²) >= 11 is 6.17. The summed E-state index contributed by atoms with van der Waals surface area (Å²) < 4.78 is 5.10. The zero-order valence-electron chi connectivity index (χ0n) is 10.2. The summed E-state index contributed by atoms with van der Waals surface area (Å²) in [5.74, 6) is -0.206. The molecule has 0 radical (unpaired) electrons. The highest BCUT2D eigenvalue weighted by Crippen LogP contribution is 2.32. The van der Waals surface area contributed by atoms with Gasteiger partial charge in [0.1, 0.15) is 6.10 Å². The van der Waals surface area contributed by atoms with Crippen molar-refractivity contribution in [3.05, 3.63) is 10.6 Å². The molecular formula is C13H21ClO2. The molecule has 1 unspecified atom stereocenters. The van der Waals surface area contributed by atoms with E-state index in [0.717, 1.165) is 49.1 Å². The molecule has 1 heterocycles. The summed E-state index contributed by atoms with van der Waals surface area (Å²) in [6, 6.07) is 0. The molecule has 16 heavy (non-hydrogen) atoms. The van der Waals surface area contributed by atoms with Crippen LogP contribution in [0.2, 0.25) is 0 Å². The van der Waals surface area contributed by atoms with E-state index in [-0.39, 0.29) is 12.1 Å². The van der Waals surface area contributed by atoms with Crippen LogP contribution in [0.3, 0.4) is 0 Å². The van der Waals surface area contributed by atoms with Crippen molar-refractivity contribution in [1.29, 1.82) is 0 Å². The molecule has 1 fully saturated rings. The van der Waals surface area contributed by atoms with E-state index in [1.54, 1.807) is 0 Å². The van der Waals surface area contributed by atoms with Gasteiger partial charge in [-0.25, -0.2) is 4.79 Å². The first-order chi connectivity index (χ1) is 7.70. The Labute approximate surface area is 103 Å². The van der Waals surface area contributed by atoms with Crippen LogP contribution in [0.1, 0.15) is 58.8 Å². The number of hydrogen-bond acceptors (Lipinski definition) is 2. The third-order valence-corrected chi connectivity index (χ3v) is 3.30. The zero-order chi connectivity index (χ0) is 12.0. The van der Waals surface area contributed by atoms with Gasteiger partial charge in [0, 0.05) is 5.03 Å². The van der Waals surface area contributed by atoms with Gasteiger partial charge in [0.2, 0.25) is 0 Å². The van der Waals surface area contributed by atoms with Crippen molar-refractivity contribution >= 4 is 17.6 Å². The lowest BCUT2D eigenvalue weighted by Crippen LogP contribution is -2.37. The van der Waals surface area contributed by atoms with Crippen LogP contribution in [-0.2, 0) is 9.53 Å². The molecule has 1 rings (SSSR count). The first-order valence-electron chi connectivity index (χ1n) is 6.30. The first kappa shape index (κ1) is 13.6. The van der Waals surface area contributed by atoms with E-state index < -0.39 is 0 Å². The third-order valence-electron chi connectivity index (χ3n) is 2.90. The van der Waals surface area contributed by atoms with E-state index in [2.05, 4.69) is 13.8 Å². The van der Waals surface area contributed by atoms with Gasteiger partial charge < -0.3 is 4.74 Å². The van der Waals surface area contributed by atoms with Crippen LogP contribution < -0.4 is 0 Å².